The molecule has 0 aliphatic carbocycles. The first-order valence-corrected chi connectivity index (χ1v) is 7.07. The Kier molecular flexibility index (Phi) is 2.79. The Morgan fingerprint density at radius 3 is 2.32 bits per heavy atom. The molecule has 0 bridgehead atoms. The van der Waals surface area contributed by atoms with E-state index >= 15 is 0 Å². The van der Waals surface area contributed by atoms with E-state index in [4.69, 9.17) is 4.74 Å². The van der Waals surface area contributed by atoms with E-state index in [0.29, 0.717) is 5.56 Å². The Morgan fingerprint density at radius 1 is 0.864 bits per heavy atom. The lowest BCUT2D eigenvalue weighted by molar-refractivity contribution is 0.0603. The molecule has 1 heterocycles. The zero-order valence-electron chi connectivity index (χ0n) is 12.0. The summed E-state index contributed by atoms with van der Waals surface area (Å²) in [5.74, 6) is -0.320. The highest BCUT2D eigenvalue weighted by Gasteiger charge is 2.14. The van der Waals surface area contributed by atoms with Crippen LogP contribution in [-0.2, 0) is 4.74 Å². The SMILES string of the molecule is COC(=O)c1cc2c3ccccc3ncc2c2ccccc12. The third-order valence-electron chi connectivity index (χ3n) is 4.02. The van der Waals surface area contributed by atoms with Gasteiger partial charge in [-0.05, 0) is 28.3 Å². The topological polar surface area (TPSA) is 39.2 Å². The summed E-state index contributed by atoms with van der Waals surface area (Å²) in [6.45, 7) is 0. The zero-order chi connectivity index (χ0) is 15.1. The molecule has 0 spiro atoms. The van der Waals surface area contributed by atoms with Crippen molar-refractivity contribution in [3.8, 4) is 0 Å². The lowest BCUT2D eigenvalue weighted by atomic mass is 9.96. The van der Waals surface area contributed by atoms with E-state index in [1.807, 2.05) is 60.8 Å². The van der Waals surface area contributed by atoms with Crippen molar-refractivity contribution in [2.45, 2.75) is 0 Å². The fourth-order valence-corrected chi connectivity index (χ4v) is 2.99. The summed E-state index contributed by atoms with van der Waals surface area (Å²) in [5.41, 5.74) is 1.50. The van der Waals surface area contributed by atoms with Crippen LogP contribution >= 0.6 is 0 Å². The average molecular weight is 287 g/mol. The van der Waals surface area contributed by atoms with Crippen LogP contribution in [0.3, 0.4) is 0 Å². The number of hydrogen-bond acceptors (Lipinski definition) is 3. The van der Waals surface area contributed by atoms with Crippen molar-refractivity contribution in [2.75, 3.05) is 7.11 Å². The molecule has 0 N–H and O–H groups in total. The van der Waals surface area contributed by atoms with Crippen molar-refractivity contribution in [1.82, 2.24) is 4.98 Å². The molecule has 22 heavy (non-hydrogen) atoms. The van der Waals surface area contributed by atoms with Crippen molar-refractivity contribution < 1.29 is 9.53 Å². The van der Waals surface area contributed by atoms with Crippen LogP contribution < -0.4 is 0 Å². The van der Waals surface area contributed by atoms with Crippen molar-refractivity contribution in [1.29, 1.82) is 0 Å². The van der Waals surface area contributed by atoms with E-state index in [1.54, 1.807) is 0 Å². The first-order valence-electron chi connectivity index (χ1n) is 7.07. The second kappa shape index (κ2) is 4.81. The standard InChI is InChI=1S/C19H13NO2/c1-22-19(21)16-10-15-14-8-4-5-9-18(14)20-11-17(15)13-7-3-2-6-12(13)16/h2-11H,1H3. The Labute approximate surface area is 127 Å². The molecule has 0 aliphatic heterocycles. The molecular weight excluding hydrogens is 274 g/mol. The number of hydrogen-bond donors (Lipinski definition) is 0. The lowest BCUT2D eigenvalue weighted by Gasteiger charge is -2.10. The van der Waals surface area contributed by atoms with Gasteiger partial charge in [0.1, 0.15) is 0 Å². The van der Waals surface area contributed by atoms with Gasteiger partial charge in [0, 0.05) is 17.0 Å². The van der Waals surface area contributed by atoms with Gasteiger partial charge in [-0.3, -0.25) is 4.98 Å². The number of carbonyl (C=O) groups is 1. The van der Waals surface area contributed by atoms with Crippen LogP contribution in [0.1, 0.15) is 10.4 Å². The zero-order valence-corrected chi connectivity index (χ0v) is 12.0. The summed E-state index contributed by atoms with van der Waals surface area (Å²) in [6.07, 6.45) is 1.88. The van der Waals surface area contributed by atoms with Crippen LogP contribution in [0.4, 0.5) is 0 Å². The molecular formula is C19H13NO2. The average Bonchev–Trinajstić information content (AvgIpc) is 2.60. The summed E-state index contributed by atoms with van der Waals surface area (Å²) in [5, 5.41) is 5.00. The minimum atomic E-state index is -0.320. The molecule has 0 saturated heterocycles. The van der Waals surface area contributed by atoms with Gasteiger partial charge in [-0.15, -0.1) is 0 Å². The molecule has 0 amide bonds. The number of ether oxygens (including phenoxy) is 1. The van der Waals surface area contributed by atoms with Crippen molar-refractivity contribution in [3.05, 3.63) is 66.4 Å². The van der Waals surface area contributed by atoms with Gasteiger partial charge in [0.15, 0.2) is 0 Å². The number of carbonyl (C=O) groups excluding carboxylic acids is 1. The van der Waals surface area contributed by atoms with Gasteiger partial charge >= 0.3 is 5.97 Å². The van der Waals surface area contributed by atoms with E-state index in [2.05, 4.69) is 4.98 Å². The van der Waals surface area contributed by atoms with E-state index < -0.39 is 0 Å². The first-order chi connectivity index (χ1) is 10.8. The lowest BCUT2D eigenvalue weighted by Crippen LogP contribution is -2.02. The van der Waals surface area contributed by atoms with E-state index in [1.165, 1.54) is 7.11 Å². The number of rotatable bonds is 1. The highest BCUT2D eigenvalue weighted by molar-refractivity contribution is 6.21. The van der Waals surface area contributed by atoms with Gasteiger partial charge in [-0.1, -0.05) is 42.5 Å². The molecule has 0 aliphatic rings. The van der Waals surface area contributed by atoms with Gasteiger partial charge in [0.05, 0.1) is 18.2 Å². The second-order valence-electron chi connectivity index (χ2n) is 5.20. The number of methoxy groups -OCH3 is 1. The smallest absolute Gasteiger partial charge is 0.338 e. The maximum atomic E-state index is 12.2. The van der Waals surface area contributed by atoms with Gasteiger partial charge in [-0.25, -0.2) is 4.79 Å². The highest BCUT2D eigenvalue weighted by atomic mass is 16.5. The maximum absolute atomic E-state index is 12.2. The van der Waals surface area contributed by atoms with Crippen LogP contribution in [0, 0.1) is 0 Å². The molecule has 0 unspecified atom stereocenters. The maximum Gasteiger partial charge on any atom is 0.338 e. The number of esters is 1. The second-order valence-corrected chi connectivity index (χ2v) is 5.20. The van der Waals surface area contributed by atoms with Crippen LogP contribution in [0.25, 0.3) is 32.4 Å². The van der Waals surface area contributed by atoms with Crippen molar-refractivity contribution in [2.24, 2.45) is 0 Å². The van der Waals surface area contributed by atoms with Crippen molar-refractivity contribution >= 4 is 38.4 Å². The minimum Gasteiger partial charge on any atom is -0.465 e. The van der Waals surface area contributed by atoms with E-state index in [9.17, 15) is 4.79 Å². The molecule has 4 rings (SSSR count). The van der Waals surface area contributed by atoms with Crippen LogP contribution in [-0.4, -0.2) is 18.1 Å². The summed E-state index contributed by atoms with van der Waals surface area (Å²) >= 11 is 0. The van der Waals surface area contributed by atoms with Crippen molar-refractivity contribution in [3.63, 3.8) is 0 Å². The number of nitrogens with zero attached hydrogens (tertiary/aromatic N) is 1. The fraction of sp³-hybridized carbons (Fsp3) is 0.0526. The Morgan fingerprint density at radius 2 is 1.55 bits per heavy atom. The molecule has 106 valence electrons. The third kappa shape index (κ3) is 1.76. The first kappa shape index (κ1) is 12.8. The summed E-state index contributed by atoms with van der Waals surface area (Å²) < 4.78 is 4.95. The third-order valence-corrected chi connectivity index (χ3v) is 4.02. The minimum absolute atomic E-state index is 0.320. The molecule has 4 aromatic rings. The number of aromatic nitrogens is 1. The molecule has 0 atom stereocenters. The number of para-hydroxylation sites is 1. The molecule has 0 fully saturated rings. The Bertz CT molecular complexity index is 1040. The van der Waals surface area contributed by atoms with E-state index in [0.717, 1.165) is 32.4 Å². The molecule has 3 aromatic carbocycles. The predicted molar refractivity (Wildman–Crippen MR) is 88.1 cm³/mol. The van der Waals surface area contributed by atoms with Gasteiger partial charge < -0.3 is 4.74 Å². The molecule has 0 saturated carbocycles. The largest absolute Gasteiger partial charge is 0.465 e. The fourth-order valence-electron chi connectivity index (χ4n) is 2.99. The summed E-state index contributed by atoms with van der Waals surface area (Å²) in [6, 6.07) is 17.7. The van der Waals surface area contributed by atoms with E-state index in [-0.39, 0.29) is 5.97 Å². The van der Waals surface area contributed by atoms with Crippen LogP contribution in [0.2, 0.25) is 0 Å². The summed E-state index contributed by atoms with van der Waals surface area (Å²) in [4.78, 5) is 16.7. The van der Waals surface area contributed by atoms with Crippen LogP contribution in [0.15, 0.2) is 60.8 Å². The molecule has 3 nitrogen and oxygen atoms in total. The van der Waals surface area contributed by atoms with Gasteiger partial charge in [-0.2, -0.15) is 0 Å². The molecule has 0 radical (unpaired) electrons. The summed E-state index contributed by atoms with van der Waals surface area (Å²) in [7, 11) is 1.41. The Hall–Kier alpha value is -2.94. The normalized spacial score (nSPS) is 11.1. The number of benzene rings is 3. The number of fused-ring (bicyclic) bond motifs is 5. The monoisotopic (exact) mass is 287 g/mol. The highest BCUT2D eigenvalue weighted by Crippen LogP contribution is 2.32. The number of pyridine rings is 1. The van der Waals surface area contributed by atoms with Crippen LogP contribution in [0.5, 0.6) is 0 Å². The predicted octanol–water partition coefficient (Wildman–Crippen LogP) is 4.33. The molecule has 3 heteroatoms. The molecule has 1 aromatic heterocycles. The quantitative estimate of drug-likeness (QED) is 0.386. The Balaban J connectivity index is 2.27. The van der Waals surface area contributed by atoms with Gasteiger partial charge in [0.25, 0.3) is 0 Å². The van der Waals surface area contributed by atoms with Gasteiger partial charge in [0.2, 0.25) is 0 Å².